The molecule has 0 radical (unpaired) electrons. The molecule has 0 aliphatic rings. The van der Waals surface area contributed by atoms with Gasteiger partial charge in [-0.1, -0.05) is 13.8 Å². The summed E-state index contributed by atoms with van der Waals surface area (Å²) in [6, 6.07) is 6.06. The smallest absolute Gasteiger partial charge is 0.313 e. The highest BCUT2D eigenvalue weighted by Crippen LogP contribution is 2.20. The van der Waals surface area contributed by atoms with Crippen LogP contribution in [-0.4, -0.2) is 16.2 Å². The predicted molar refractivity (Wildman–Crippen MR) is 58.7 cm³/mol. The summed E-state index contributed by atoms with van der Waals surface area (Å²) in [6.07, 6.45) is 0. The number of hydrogen-bond donors (Lipinski definition) is 2. The van der Waals surface area contributed by atoms with Crippen molar-refractivity contribution in [1.82, 2.24) is 0 Å². The number of hydrogen-bond acceptors (Lipinski definition) is 4. The van der Waals surface area contributed by atoms with Crippen LogP contribution in [0.3, 0.4) is 0 Å². The first-order valence-corrected chi connectivity index (χ1v) is 5.07. The van der Waals surface area contributed by atoms with Crippen LogP contribution in [0.1, 0.15) is 26.3 Å². The molecule has 0 saturated carbocycles. The first-order chi connectivity index (χ1) is 7.30. The third-order valence-electron chi connectivity index (χ3n) is 2.09. The van der Waals surface area contributed by atoms with Crippen molar-refractivity contribution < 1.29 is 19.7 Å². The number of carbonyl (C=O) groups is 1. The van der Waals surface area contributed by atoms with Crippen molar-refractivity contribution in [2.75, 3.05) is 0 Å². The number of benzene rings is 1. The summed E-state index contributed by atoms with van der Waals surface area (Å²) in [4.78, 5) is 11.3. The molecule has 1 aromatic rings. The monoisotopic (exact) mass is 224 g/mol. The Labute approximate surface area is 94.5 Å². The number of esters is 1. The van der Waals surface area contributed by atoms with Crippen LogP contribution in [0.25, 0.3) is 0 Å². The maximum absolute atomic E-state index is 11.3. The molecule has 1 rings (SSSR count). The lowest BCUT2D eigenvalue weighted by atomic mass is 10.1. The zero-order chi connectivity index (χ0) is 12.3. The van der Waals surface area contributed by atoms with E-state index in [1.807, 2.05) is 0 Å². The summed E-state index contributed by atoms with van der Waals surface area (Å²) in [5.41, 5.74) is 0.344. The predicted octanol–water partition coefficient (Wildman–Crippen LogP) is 1.41. The number of ether oxygens (including phenoxy) is 1. The van der Waals surface area contributed by atoms with E-state index in [9.17, 15) is 15.0 Å². The van der Waals surface area contributed by atoms with Gasteiger partial charge in [0.2, 0.25) is 0 Å². The summed E-state index contributed by atoms with van der Waals surface area (Å²) in [5.74, 6) is -1.99. The standard InChI is InChI=1S/C12H16O4/c1-8(2)11(13)16-10-6-4-9(5-7-10)12(3,14)15/h4-8,14-15H,1-3H3. The number of aliphatic hydroxyl groups is 2. The molecule has 2 N–H and O–H groups in total. The molecule has 0 atom stereocenters. The third-order valence-corrected chi connectivity index (χ3v) is 2.09. The second kappa shape index (κ2) is 4.63. The molecule has 0 amide bonds. The minimum atomic E-state index is -1.87. The molecule has 4 heteroatoms. The molecule has 16 heavy (non-hydrogen) atoms. The maximum Gasteiger partial charge on any atom is 0.313 e. The van der Waals surface area contributed by atoms with Crippen LogP contribution in [-0.2, 0) is 10.6 Å². The van der Waals surface area contributed by atoms with Gasteiger partial charge in [-0.15, -0.1) is 0 Å². The first kappa shape index (κ1) is 12.7. The van der Waals surface area contributed by atoms with Gasteiger partial charge in [0.25, 0.3) is 0 Å². The minimum absolute atomic E-state index is 0.194. The van der Waals surface area contributed by atoms with E-state index >= 15 is 0 Å². The summed E-state index contributed by atoms with van der Waals surface area (Å²) in [6.45, 7) is 4.76. The van der Waals surface area contributed by atoms with Crippen molar-refractivity contribution >= 4 is 5.97 Å². The van der Waals surface area contributed by atoms with Gasteiger partial charge in [-0.3, -0.25) is 4.79 Å². The SMILES string of the molecule is CC(C)C(=O)Oc1ccc(C(C)(O)O)cc1. The van der Waals surface area contributed by atoms with E-state index in [0.717, 1.165) is 0 Å². The average molecular weight is 224 g/mol. The molecule has 88 valence electrons. The topological polar surface area (TPSA) is 66.8 Å². The highest BCUT2D eigenvalue weighted by atomic mass is 16.5. The molecule has 0 aliphatic heterocycles. The van der Waals surface area contributed by atoms with Gasteiger partial charge in [-0.05, 0) is 31.2 Å². The fraction of sp³-hybridized carbons (Fsp3) is 0.417. The van der Waals surface area contributed by atoms with Crippen LogP contribution in [0.2, 0.25) is 0 Å². The van der Waals surface area contributed by atoms with Crippen LogP contribution >= 0.6 is 0 Å². The van der Waals surface area contributed by atoms with Crippen LogP contribution in [0.5, 0.6) is 5.75 Å². The fourth-order valence-electron chi connectivity index (χ4n) is 1.07. The van der Waals surface area contributed by atoms with Crippen LogP contribution in [0, 0.1) is 5.92 Å². The van der Waals surface area contributed by atoms with Crippen LogP contribution < -0.4 is 4.74 Å². The second-order valence-corrected chi connectivity index (χ2v) is 4.12. The molecule has 0 saturated heterocycles. The molecule has 0 heterocycles. The Hall–Kier alpha value is -1.39. The van der Waals surface area contributed by atoms with E-state index in [0.29, 0.717) is 11.3 Å². The van der Waals surface area contributed by atoms with Crippen molar-refractivity contribution in [1.29, 1.82) is 0 Å². The molecule has 0 aliphatic carbocycles. The van der Waals surface area contributed by atoms with E-state index in [-0.39, 0.29) is 11.9 Å². The van der Waals surface area contributed by atoms with E-state index in [4.69, 9.17) is 4.74 Å². The van der Waals surface area contributed by atoms with Crippen molar-refractivity contribution in [2.45, 2.75) is 26.6 Å². The van der Waals surface area contributed by atoms with Gasteiger partial charge in [0.05, 0.1) is 5.92 Å². The molecular weight excluding hydrogens is 208 g/mol. The maximum atomic E-state index is 11.3. The Morgan fingerprint density at radius 2 is 1.75 bits per heavy atom. The van der Waals surface area contributed by atoms with E-state index in [2.05, 4.69) is 0 Å². The molecule has 4 nitrogen and oxygen atoms in total. The third kappa shape index (κ3) is 3.32. The molecule has 0 fully saturated rings. The first-order valence-electron chi connectivity index (χ1n) is 5.07. The average Bonchev–Trinajstić information content (AvgIpc) is 2.17. The van der Waals surface area contributed by atoms with Crippen molar-refractivity contribution in [2.24, 2.45) is 5.92 Å². The minimum Gasteiger partial charge on any atom is -0.426 e. The molecular formula is C12H16O4. The summed E-state index contributed by atoms with van der Waals surface area (Å²) in [5, 5.41) is 18.6. The Bertz CT molecular complexity index is 360. The summed E-state index contributed by atoms with van der Waals surface area (Å²) < 4.78 is 5.04. The largest absolute Gasteiger partial charge is 0.426 e. The van der Waals surface area contributed by atoms with Crippen molar-refractivity contribution in [3.8, 4) is 5.75 Å². The lowest BCUT2D eigenvalue weighted by Gasteiger charge is -2.16. The molecule has 0 aromatic heterocycles. The van der Waals surface area contributed by atoms with Crippen LogP contribution in [0.4, 0.5) is 0 Å². The van der Waals surface area contributed by atoms with Gasteiger partial charge < -0.3 is 14.9 Å². The van der Waals surface area contributed by atoms with E-state index in [1.165, 1.54) is 31.2 Å². The molecule has 0 bridgehead atoms. The normalized spacial score (nSPS) is 11.6. The zero-order valence-electron chi connectivity index (χ0n) is 9.60. The van der Waals surface area contributed by atoms with Gasteiger partial charge in [0, 0.05) is 5.56 Å². The van der Waals surface area contributed by atoms with Gasteiger partial charge in [0.1, 0.15) is 5.75 Å². The van der Waals surface area contributed by atoms with Gasteiger partial charge in [0.15, 0.2) is 5.79 Å². The summed E-state index contributed by atoms with van der Waals surface area (Å²) in [7, 11) is 0. The second-order valence-electron chi connectivity index (χ2n) is 4.12. The Balaban J connectivity index is 2.76. The highest BCUT2D eigenvalue weighted by Gasteiger charge is 2.18. The fourth-order valence-corrected chi connectivity index (χ4v) is 1.07. The lowest BCUT2D eigenvalue weighted by Crippen LogP contribution is -2.19. The van der Waals surface area contributed by atoms with Crippen molar-refractivity contribution in [3.63, 3.8) is 0 Å². The van der Waals surface area contributed by atoms with Gasteiger partial charge in [-0.2, -0.15) is 0 Å². The zero-order valence-corrected chi connectivity index (χ0v) is 9.60. The Morgan fingerprint density at radius 3 is 2.12 bits per heavy atom. The summed E-state index contributed by atoms with van der Waals surface area (Å²) >= 11 is 0. The number of carbonyl (C=O) groups excluding carboxylic acids is 1. The lowest BCUT2D eigenvalue weighted by molar-refractivity contribution is -0.152. The van der Waals surface area contributed by atoms with Crippen LogP contribution in [0.15, 0.2) is 24.3 Å². The Morgan fingerprint density at radius 1 is 1.25 bits per heavy atom. The molecule has 0 unspecified atom stereocenters. The van der Waals surface area contributed by atoms with E-state index < -0.39 is 5.79 Å². The Kier molecular flexibility index (Phi) is 3.67. The molecule has 1 aromatic carbocycles. The van der Waals surface area contributed by atoms with Crippen molar-refractivity contribution in [3.05, 3.63) is 29.8 Å². The quantitative estimate of drug-likeness (QED) is 0.463. The number of rotatable bonds is 3. The van der Waals surface area contributed by atoms with Gasteiger partial charge >= 0.3 is 5.97 Å². The van der Waals surface area contributed by atoms with E-state index in [1.54, 1.807) is 13.8 Å². The molecule has 0 spiro atoms. The van der Waals surface area contributed by atoms with Gasteiger partial charge in [-0.25, -0.2) is 0 Å². The highest BCUT2D eigenvalue weighted by molar-refractivity contribution is 5.74.